The minimum absolute atomic E-state index is 0.0343. The molecule has 0 fully saturated rings. The molecule has 0 N–H and O–H groups in total. The van der Waals surface area contributed by atoms with Crippen molar-refractivity contribution in [1.82, 2.24) is 0 Å². The van der Waals surface area contributed by atoms with Crippen molar-refractivity contribution in [2.75, 3.05) is 12.9 Å². The molecule has 6 heteroatoms. The number of esters is 1. The second kappa shape index (κ2) is 8.48. The Bertz CT molecular complexity index is 943. The summed E-state index contributed by atoms with van der Waals surface area (Å²) in [4.78, 5) is 24.6. The zero-order valence-corrected chi connectivity index (χ0v) is 16.8. The molecule has 0 heterocycles. The zero-order chi connectivity index (χ0) is 20.2. The summed E-state index contributed by atoms with van der Waals surface area (Å²) < 4.78 is 28.4. The minimum atomic E-state index is -3.44. The Labute approximate surface area is 160 Å². The number of aryl methyl sites for hydroxylation is 1. The molecule has 2 rings (SSSR count). The number of ether oxygens (including phenoxy) is 1. The number of sulfone groups is 1. The van der Waals surface area contributed by atoms with Crippen LogP contribution in [0.5, 0.6) is 0 Å². The van der Waals surface area contributed by atoms with Gasteiger partial charge in [-0.15, -0.1) is 0 Å². The van der Waals surface area contributed by atoms with Gasteiger partial charge in [-0.1, -0.05) is 44.2 Å². The second-order valence-corrected chi connectivity index (χ2v) is 8.70. The lowest BCUT2D eigenvalue weighted by Gasteiger charge is -2.10. The lowest BCUT2D eigenvalue weighted by molar-refractivity contribution is 0.0473. The summed E-state index contributed by atoms with van der Waals surface area (Å²) in [6, 6.07) is 11.5. The van der Waals surface area contributed by atoms with E-state index in [1.165, 1.54) is 12.1 Å². The first-order chi connectivity index (χ1) is 12.6. The first-order valence-corrected chi connectivity index (χ1v) is 10.6. The molecule has 0 saturated carbocycles. The van der Waals surface area contributed by atoms with Gasteiger partial charge in [-0.2, -0.15) is 0 Å². The van der Waals surface area contributed by atoms with Crippen LogP contribution in [0.3, 0.4) is 0 Å². The number of rotatable bonds is 7. The summed E-state index contributed by atoms with van der Waals surface area (Å²) in [5.74, 6) is -0.615. The van der Waals surface area contributed by atoms with Crippen molar-refractivity contribution in [2.24, 2.45) is 0 Å². The molecule has 0 aliphatic rings. The van der Waals surface area contributed by atoms with Gasteiger partial charge in [-0.05, 0) is 42.5 Å². The van der Waals surface area contributed by atoms with E-state index in [0.29, 0.717) is 17.0 Å². The van der Waals surface area contributed by atoms with Crippen molar-refractivity contribution in [1.29, 1.82) is 0 Å². The van der Waals surface area contributed by atoms with Crippen molar-refractivity contribution >= 4 is 21.6 Å². The van der Waals surface area contributed by atoms with Crippen LogP contribution in [0.25, 0.3) is 0 Å². The molecule has 0 aromatic heterocycles. The molecule has 2 aromatic carbocycles. The number of ketones is 1. The van der Waals surface area contributed by atoms with Gasteiger partial charge in [0, 0.05) is 11.8 Å². The van der Waals surface area contributed by atoms with E-state index in [-0.39, 0.29) is 16.2 Å². The Morgan fingerprint density at radius 2 is 1.70 bits per heavy atom. The molecule has 0 spiro atoms. The van der Waals surface area contributed by atoms with E-state index in [0.717, 1.165) is 18.2 Å². The van der Waals surface area contributed by atoms with Crippen LogP contribution >= 0.6 is 0 Å². The van der Waals surface area contributed by atoms with Crippen LogP contribution in [-0.2, 0) is 14.6 Å². The Balaban J connectivity index is 2.08. The molecule has 0 unspecified atom stereocenters. The lowest BCUT2D eigenvalue weighted by Crippen LogP contribution is -2.15. The van der Waals surface area contributed by atoms with Gasteiger partial charge in [0.1, 0.15) is 0 Å². The summed E-state index contributed by atoms with van der Waals surface area (Å²) in [6.45, 7) is 5.50. The Morgan fingerprint density at radius 1 is 1.07 bits per heavy atom. The van der Waals surface area contributed by atoms with Crippen LogP contribution in [0, 0.1) is 6.92 Å². The van der Waals surface area contributed by atoms with Gasteiger partial charge in [-0.3, -0.25) is 4.79 Å². The van der Waals surface area contributed by atoms with Crippen LogP contribution < -0.4 is 0 Å². The van der Waals surface area contributed by atoms with E-state index in [9.17, 15) is 18.0 Å². The highest BCUT2D eigenvalue weighted by molar-refractivity contribution is 7.90. The number of benzene rings is 2. The van der Waals surface area contributed by atoms with Crippen molar-refractivity contribution in [3.8, 4) is 0 Å². The fourth-order valence-corrected chi connectivity index (χ4v) is 3.22. The van der Waals surface area contributed by atoms with Crippen LogP contribution in [0.1, 0.15) is 58.0 Å². The molecule has 0 aliphatic heterocycles. The highest BCUT2D eigenvalue weighted by atomic mass is 32.2. The summed E-state index contributed by atoms with van der Waals surface area (Å²) in [7, 11) is -3.44. The molecular weight excluding hydrogens is 364 g/mol. The Morgan fingerprint density at radius 3 is 2.26 bits per heavy atom. The SMILES string of the molecule is CC[C@H](C)c1ccc(C(=O)COC(=O)c2cc(S(C)(=O)=O)ccc2C)cc1. The van der Waals surface area contributed by atoms with Crippen molar-refractivity contribution in [2.45, 2.75) is 38.0 Å². The normalized spacial score (nSPS) is 12.4. The van der Waals surface area contributed by atoms with Gasteiger partial charge >= 0.3 is 5.97 Å². The maximum absolute atomic E-state index is 12.3. The Kier molecular flexibility index (Phi) is 6.54. The van der Waals surface area contributed by atoms with Crippen molar-refractivity contribution in [3.05, 3.63) is 64.7 Å². The maximum atomic E-state index is 12.3. The van der Waals surface area contributed by atoms with Crippen LogP contribution in [0.2, 0.25) is 0 Å². The molecular formula is C21H24O5S. The molecule has 5 nitrogen and oxygen atoms in total. The summed E-state index contributed by atoms with van der Waals surface area (Å²) >= 11 is 0. The first kappa shape index (κ1) is 20.8. The van der Waals surface area contributed by atoms with Gasteiger partial charge in [0.15, 0.2) is 22.2 Å². The third-order valence-corrected chi connectivity index (χ3v) is 5.72. The minimum Gasteiger partial charge on any atom is -0.454 e. The van der Waals surface area contributed by atoms with E-state index in [4.69, 9.17) is 4.74 Å². The molecule has 0 aliphatic carbocycles. The smallest absolute Gasteiger partial charge is 0.338 e. The van der Waals surface area contributed by atoms with Crippen LogP contribution in [0.4, 0.5) is 0 Å². The van der Waals surface area contributed by atoms with E-state index in [1.807, 2.05) is 12.1 Å². The quantitative estimate of drug-likeness (QED) is 0.530. The van der Waals surface area contributed by atoms with E-state index >= 15 is 0 Å². The molecule has 27 heavy (non-hydrogen) atoms. The molecule has 1 atom stereocenters. The van der Waals surface area contributed by atoms with Crippen molar-refractivity contribution < 1.29 is 22.7 Å². The van der Waals surface area contributed by atoms with Crippen molar-refractivity contribution in [3.63, 3.8) is 0 Å². The van der Waals surface area contributed by atoms with Gasteiger partial charge in [-0.25, -0.2) is 13.2 Å². The zero-order valence-electron chi connectivity index (χ0n) is 16.0. The third kappa shape index (κ3) is 5.26. The highest BCUT2D eigenvalue weighted by Gasteiger charge is 2.17. The van der Waals surface area contributed by atoms with Crippen LogP contribution in [0.15, 0.2) is 47.4 Å². The van der Waals surface area contributed by atoms with Gasteiger partial charge in [0.05, 0.1) is 10.5 Å². The fraction of sp³-hybridized carbons (Fsp3) is 0.333. The molecule has 0 saturated heterocycles. The molecule has 0 bridgehead atoms. The summed E-state index contributed by atoms with van der Waals surface area (Å²) in [6.07, 6.45) is 2.08. The third-order valence-electron chi connectivity index (χ3n) is 4.61. The lowest BCUT2D eigenvalue weighted by atomic mass is 9.97. The predicted molar refractivity (Wildman–Crippen MR) is 104 cm³/mol. The second-order valence-electron chi connectivity index (χ2n) is 6.68. The van der Waals surface area contributed by atoms with Crippen LogP contribution in [-0.4, -0.2) is 33.0 Å². The van der Waals surface area contributed by atoms with E-state index < -0.39 is 22.4 Å². The number of hydrogen-bond donors (Lipinski definition) is 0. The molecule has 0 radical (unpaired) electrons. The number of carbonyl (C=O) groups is 2. The Hall–Kier alpha value is -2.47. The molecule has 144 valence electrons. The standard InChI is InChI=1S/C21H24O5S/c1-5-14(2)16-7-9-17(10-8-16)20(22)13-26-21(23)19-12-18(27(4,24)25)11-6-15(19)3/h6-12,14H,5,13H2,1-4H3/t14-/m0/s1. The van der Waals surface area contributed by atoms with E-state index in [1.54, 1.807) is 25.1 Å². The number of carbonyl (C=O) groups excluding carboxylic acids is 2. The largest absolute Gasteiger partial charge is 0.454 e. The molecule has 2 aromatic rings. The summed E-state index contributed by atoms with van der Waals surface area (Å²) in [5, 5.41) is 0. The van der Waals surface area contributed by atoms with Gasteiger partial charge < -0.3 is 4.74 Å². The van der Waals surface area contributed by atoms with E-state index in [2.05, 4.69) is 13.8 Å². The highest BCUT2D eigenvalue weighted by Crippen LogP contribution is 2.19. The number of hydrogen-bond acceptors (Lipinski definition) is 5. The fourth-order valence-electron chi connectivity index (χ4n) is 2.58. The monoisotopic (exact) mass is 388 g/mol. The summed E-state index contributed by atoms with van der Waals surface area (Å²) in [5.41, 5.74) is 2.34. The predicted octanol–water partition coefficient (Wildman–Crippen LogP) is 3.95. The van der Waals surface area contributed by atoms with Gasteiger partial charge in [0.25, 0.3) is 0 Å². The first-order valence-electron chi connectivity index (χ1n) is 8.74. The topological polar surface area (TPSA) is 77.5 Å². The molecule has 0 amide bonds. The average molecular weight is 388 g/mol. The number of Topliss-reactive ketones (excluding diaryl/α,β-unsaturated/α-hetero) is 1. The average Bonchev–Trinajstić information content (AvgIpc) is 2.64. The van der Waals surface area contributed by atoms with Gasteiger partial charge in [0.2, 0.25) is 0 Å². The maximum Gasteiger partial charge on any atom is 0.338 e.